The molecule has 1 unspecified atom stereocenters. The largest absolute Gasteiger partial charge is 0.338 e. The monoisotopic (exact) mass is 346 g/mol. The van der Waals surface area contributed by atoms with Gasteiger partial charge in [-0.15, -0.1) is 12.4 Å². The van der Waals surface area contributed by atoms with Crippen LogP contribution in [0.25, 0.3) is 0 Å². The Bertz CT molecular complexity index is 589. The van der Waals surface area contributed by atoms with Gasteiger partial charge in [-0.1, -0.05) is 67.6 Å². The number of carbonyl (C=O) groups is 1. The van der Waals surface area contributed by atoms with Crippen molar-refractivity contribution >= 4 is 18.3 Å². The van der Waals surface area contributed by atoms with E-state index >= 15 is 0 Å². The predicted octanol–water partition coefficient (Wildman–Crippen LogP) is 3.54. The molecule has 0 saturated heterocycles. The number of hydrogen-bond donors (Lipinski definition) is 1. The van der Waals surface area contributed by atoms with Crippen molar-refractivity contribution in [3.63, 3.8) is 0 Å². The predicted molar refractivity (Wildman–Crippen MR) is 102 cm³/mol. The minimum absolute atomic E-state index is 0. The molecule has 0 aliphatic carbocycles. The molecule has 3 nitrogen and oxygen atoms in total. The number of hydrogen-bond acceptors (Lipinski definition) is 2. The van der Waals surface area contributed by atoms with Gasteiger partial charge in [0.25, 0.3) is 0 Å². The van der Waals surface area contributed by atoms with Crippen LogP contribution in [0, 0.1) is 5.92 Å². The lowest BCUT2D eigenvalue weighted by Crippen LogP contribution is -2.39. The number of carbonyl (C=O) groups excluding carboxylic acids is 1. The molecule has 24 heavy (non-hydrogen) atoms. The Morgan fingerprint density at radius 2 is 1.54 bits per heavy atom. The molecule has 2 aromatic carbocycles. The summed E-state index contributed by atoms with van der Waals surface area (Å²) in [4.78, 5) is 14.7. The summed E-state index contributed by atoms with van der Waals surface area (Å²) in [5.74, 6) is 0.193. The molecular weight excluding hydrogens is 320 g/mol. The molecule has 0 saturated carbocycles. The number of amides is 1. The summed E-state index contributed by atoms with van der Waals surface area (Å²) < 4.78 is 0. The second-order valence-corrected chi connectivity index (χ2v) is 5.94. The topological polar surface area (TPSA) is 32.3 Å². The second kappa shape index (κ2) is 10.8. The molecule has 4 heteroatoms. The van der Waals surface area contributed by atoms with E-state index in [4.69, 9.17) is 0 Å². The molecule has 130 valence electrons. The van der Waals surface area contributed by atoms with E-state index in [2.05, 4.69) is 29.6 Å². The number of halogens is 1. The molecular formula is C20H27ClN2O. The molecule has 1 atom stereocenters. The van der Waals surface area contributed by atoms with Gasteiger partial charge < -0.3 is 10.2 Å². The van der Waals surface area contributed by atoms with Gasteiger partial charge in [-0.25, -0.2) is 0 Å². The van der Waals surface area contributed by atoms with Gasteiger partial charge in [0.05, 0.1) is 0 Å². The SMILES string of the molecule is CNCC(C)C(=O)N(CCc1ccccc1)Cc1ccccc1.Cl. The molecule has 0 aromatic heterocycles. The second-order valence-electron chi connectivity index (χ2n) is 5.94. The van der Waals surface area contributed by atoms with E-state index in [9.17, 15) is 4.79 Å². The third-order valence-corrected chi connectivity index (χ3v) is 3.97. The maximum Gasteiger partial charge on any atom is 0.226 e. The fourth-order valence-corrected chi connectivity index (χ4v) is 2.68. The van der Waals surface area contributed by atoms with Crippen molar-refractivity contribution in [2.75, 3.05) is 20.1 Å². The lowest BCUT2D eigenvalue weighted by atomic mass is 10.1. The molecule has 2 rings (SSSR count). The lowest BCUT2D eigenvalue weighted by molar-refractivity contribution is -0.135. The Hall–Kier alpha value is -1.84. The number of nitrogens with one attached hydrogen (secondary N) is 1. The van der Waals surface area contributed by atoms with E-state index in [1.165, 1.54) is 11.1 Å². The first-order chi connectivity index (χ1) is 11.2. The summed E-state index contributed by atoms with van der Waals surface area (Å²) in [7, 11) is 1.88. The first-order valence-corrected chi connectivity index (χ1v) is 8.22. The maximum absolute atomic E-state index is 12.7. The van der Waals surface area contributed by atoms with E-state index in [0.29, 0.717) is 13.1 Å². The standard InChI is InChI=1S/C20H26N2O.ClH/c1-17(15-21-2)20(23)22(16-19-11-7-4-8-12-19)14-13-18-9-5-3-6-10-18;/h3-12,17,21H,13-16H2,1-2H3;1H. The first-order valence-electron chi connectivity index (χ1n) is 8.22. The highest BCUT2D eigenvalue weighted by atomic mass is 35.5. The van der Waals surface area contributed by atoms with Crippen LogP contribution in [0.15, 0.2) is 60.7 Å². The quantitative estimate of drug-likeness (QED) is 0.793. The lowest BCUT2D eigenvalue weighted by Gasteiger charge is -2.26. The smallest absolute Gasteiger partial charge is 0.226 e. The van der Waals surface area contributed by atoms with Gasteiger partial charge >= 0.3 is 0 Å². The van der Waals surface area contributed by atoms with Crippen LogP contribution in [-0.2, 0) is 17.8 Å². The van der Waals surface area contributed by atoms with E-state index < -0.39 is 0 Å². The van der Waals surface area contributed by atoms with Crippen molar-refractivity contribution in [3.05, 3.63) is 71.8 Å². The minimum atomic E-state index is -0.0144. The van der Waals surface area contributed by atoms with Crippen LogP contribution >= 0.6 is 12.4 Å². The molecule has 0 spiro atoms. The van der Waals surface area contributed by atoms with Gasteiger partial charge in [0.1, 0.15) is 0 Å². The highest BCUT2D eigenvalue weighted by molar-refractivity contribution is 5.85. The molecule has 1 amide bonds. The summed E-state index contributed by atoms with van der Waals surface area (Å²) in [6.45, 7) is 4.10. The van der Waals surface area contributed by atoms with Gasteiger partial charge in [-0.2, -0.15) is 0 Å². The molecule has 2 aromatic rings. The Kier molecular flexibility index (Phi) is 9.13. The molecule has 0 fully saturated rings. The van der Waals surface area contributed by atoms with E-state index in [1.807, 2.05) is 55.3 Å². The minimum Gasteiger partial charge on any atom is -0.338 e. The van der Waals surface area contributed by atoms with Crippen molar-refractivity contribution in [1.29, 1.82) is 0 Å². The Balaban J connectivity index is 0.00000288. The summed E-state index contributed by atoms with van der Waals surface area (Å²) in [6, 6.07) is 20.5. The third-order valence-electron chi connectivity index (χ3n) is 3.97. The normalized spacial score (nSPS) is 11.4. The average Bonchev–Trinajstić information content (AvgIpc) is 2.60. The van der Waals surface area contributed by atoms with E-state index in [0.717, 1.165) is 13.0 Å². The summed E-state index contributed by atoms with van der Waals surface area (Å²) in [5, 5.41) is 3.09. The summed E-state index contributed by atoms with van der Waals surface area (Å²) in [6.07, 6.45) is 0.881. The van der Waals surface area contributed by atoms with Gasteiger partial charge in [-0.05, 0) is 24.6 Å². The average molecular weight is 347 g/mol. The number of nitrogens with zero attached hydrogens (tertiary/aromatic N) is 1. The van der Waals surface area contributed by atoms with Gasteiger partial charge in [0, 0.05) is 25.6 Å². The van der Waals surface area contributed by atoms with Crippen molar-refractivity contribution in [2.45, 2.75) is 19.9 Å². The highest BCUT2D eigenvalue weighted by Crippen LogP contribution is 2.11. The molecule has 0 aliphatic heterocycles. The van der Waals surface area contributed by atoms with Gasteiger partial charge in [-0.3, -0.25) is 4.79 Å². The Morgan fingerprint density at radius 3 is 2.08 bits per heavy atom. The number of rotatable bonds is 8. The third kappa shape index (κ3) is 6.34. The maximum atomic E-state index is 12.7. The number of benzene rings is 2. The first kappa shape index (κ1) is 20.2. The Morgan fingerprint density at radius 1 is 1.00 bits per heavy atom. The van der Waals surface area contributed by atoms with Crippen molar-refractivity contribution in [2.24, 2.45) is 5.92 Å². The van der Waals surface area contributed by atoms with Gasteiger partial charge in [0.15, 0.2) is 0 Å². The molecule has 0 radical (unpaired) electrons. The zero-order valence-corrected chi connectivity index (χ0v) is 15.3. The van der Waals surface area contributed by atoms with E-state index in [-0.39, 0.29) is 24.2 Å². The van der Waals surface area contributed by atoms with Crippen LogP contribution in [0.1, 0.15) is 18.1 Å². The van der Waals surface area contributed by atoms with Crippen LogP contribution in [0.3, 0.4) is 0 Å². The van der Waals surface area contributed by atoms with Crippen molar-refractivity contribution in [1.82, 2.24) is 10.2 Å². The Labute approximate surface area is 151 Å². The van der Waals surface area contributed by atoms with Crippen LogP contribution in [0.4, 0.5) is 0 Å². The zero-order valence-electron chi connectivity index (χ0n) is 14.4. The fraction of sp³-hybridized carbons (Fsp3) is 0.350. The van der Waals surface area contributed by atoms with Crippen molar-refractivity contribution in [3.8, 4) is 0 Å². The molecule has 1 N–H and O–H groups in total. The molecule has 0 heterocycles. The van der Waals surface area contributed by atoms with E-state index in [1.54, 1.807) is 0 Å². The summed E-state index contributed by atoms with van der Waals surface area (Å²) in [5.41, 5.74) is 2.44. The molecule has 0 aliphatic rings. The fourth-order valence-electron chi connectivity index (χ4n) is 2.68. The highest BCUT2D eigenvalue weighted by Gasteiger charge is 2.20. The molecule has 0 bridgehead atoms. The van der Waals surface area contributed by atoms with Crippen LogP contribution in [0.5, 0.6) is 0 Å². The van der Waals surface area contributed by atoms with Crippen molar-refractivity contribution < 1.29 is 4.79 Å². The van der Waals surface area contributed by atoms with Crippen LogP contribution in [0.2, 0.25) is 0 Å². The zero-order chi connectivity index (χ0) is 16.5. The van der Waals surface area contributed by atoms with Crippen LogP contribution in [-0.4, -0.2) is 30.9 Å². The van der Waals surface area contributed by atoms with Crippen LogP contribution < -0.4 is 5.32 Å². The van der Waals surface area contributed by atoms with Gasteiger partial charge in [0.2, 0.25) is 5.91 Å². The summed E-state index contributed by atoms with van der Waals surface area (Å²) >= 11 is 0.